The van der Waals surface area contributed by atoms with Crippen molar-refractivity contribution in [2.45, 2.75) is 0 Å². The quantitative estimate of drug-likeness (QED) is 0.607. The minimum absolute atomic E-state index is 0.0519. The molecule has 15 heavy (non-hydrogen) atoms. The molecule has 0 amide bonds. The van der Waals surface area contributed by atoms with Gasteiger partial charge < -0.3 is 0 Å². The second-order valence-corrected chi connectivity index (χ2v) is 3.81. The summed E-state index contributed by atoms with van der Waals surface area (Å²) in [5, 5.41) is 2.35. The number of rotatable bonds is 3. The fourth-order valence-electron chi connectivity index (χ4n) is 0.997. The highest BCUT2D eigenvalue weighted by molar-refractivity contribution is 7.13. The average Bonchev–Trinajstić information content (AvgIpc) is 2.78. The van der Waals surface area contributed by atoms with Gasteiger partial charge in [-0.25, -0.2) is 4.98 Å². The summed E-state index contributed by atoms with van der Waals surface area (Å²) >= 11 is 6.78. The van der Waals surface area contributed by atoms with Crippen molar-refractivity contribution < 1.29 is 4.79 Å². The summed E-state index contributed by atoms with van der Waals surface area (Å²) in [5.74, 6) is -0.230. The molecule has 0 aliphatic carbocycles. The first-order chi connectivity index (χ1) is 7.31. The summed E-state index contributed by atoms with van der Waals surface area (Å²) in [6, 6.07) is 0. The Balaban J connectivity index is 2.32. The number of nitrogens with zero attached hydrogens (tertiary/aromatic N) is 3. The molecule has 6 heteroatoms. The molecule has 0 fully saturated rings. The average molecular weight is 240 g/mol. The van der Waals surface area contributed by atoms with Crippen molar-refractivity contribution in [3.8, 4) is 10.7 Å². The lowest BCUT2D eigenvalue weighted by molar-refractivity contribution is 0.101. The van der Waals surface area contributed by atoms with Crippen molar-refractivity contribution >= 4 is 28.7 Å². The number of alkyl halides is 1. The lowest BCUT2D eigenvalue weighted by Crippen LogP contribution is -2.00. The van der Waals surface area contributed by atoms with Crippen LogP contribution in [0.3, 0.4) is 0 Å². The van der Waals surface area contributed by atoms with Crippen LogP contribution in [-0.2, 0) is 0 Å². The van der Waals surface area contributed by atoms with E-state index in [2.05, 4.69) is 15.0 Å². The van der Waals surface area contributed by atoms with E-state index < -0.39 is 0 Å². The molecule has 2 aromatic rings. The highest BCUT2D eigenvalue weighted by Crippen LogP contribution is 2.20. The fraction of sp³-hybridized carbons (Fsp3) is 0.111. The van der Waals surface area contributed by atoms with Crippen LogP contribution in [0.4, 0.5) is 0 Å². The molecule has 0 aromatic carbocycles. The Morgan fingerprint density at radius 2 is 2.33 bits per heavy atom. The number of carbonyl (C=O) groups excluding carboxylic acids is 1. The number of carbonyl (C=O) groups is 1. The molecule has 0 aliphatic rings. The van der Waals surface area contributed by atoms with E-state index in [0.29, 0.717) is 16.4 Å². The Hall–Kier alpha value is -1.33. The number of thiazole rings is 1. The molecule has 0 bridgehead atoms. The third kappa shape index (κ3) is 2.19. The monoisotopic (exact) mass is 239 g/mol. The van der Waals surface area contributed by atoms with Crippen LogP contribution in [0, 0.1) is 0 Å². The number of aromatic nitrogens is 3. The highest BCUT2D eigenvalue weighted by atomic mass is 35.5. The van der Waals surface area contributed by atoms with E-state index in [9.17, 15) is 4.79 Å². The van der Waals surface area contributed by atoms with Crippen LogP contribution in [0.1, 0.15) is 10.5 Å². The van der Waals surface area contributed by atoms with E-state index >= 15 is 0 Å². The SMILES string of the molecule is O=C(CCl)c1csc(-c2cnccn2)n1. The van der Waals surface area contributed by atoms with Gasteiger partial charge in [-0.05, 0) is 0 Å². The van der Waals surface area contributed by atoms with Crippen LogP contribution in [0.5, 0.6) is 0 Å². The van der Waals surface area contributed by atoms with Gasteiger partial charge in [-0.1, -0.05) is 0 Å². The van der Waals surface area contributed by atoms with E-state index in [1.54, 1.807) is 24.0 Å². The number of halogens is 1. The number of hydrogen-bond acceptors (Lipinski definition) is 5. The van der Waals surface area contributed by atoms with Crippen LogP contribution in [0.15, 0.2) is 24.0 Å². The van der Waals surface area contributed by atoms with E-state index in [1.165, 1.54) is 11.3 Å². The molecule has 0 spiro atoms. The molecule has 76 valence electrons. The molecule has 2 aromatic heterocycles. The van der Waals surface area contributed by atoms with Crippen molar-refractivity contribution in [1.29, 1.82) is 0 Å². The Kier molecular flexibility index (Phi) is 3.03. The molecule has 2 rings (SSSR count). The first-order valence-corrected chi connectivity index (χ1v) is 5.54. The molecule has 0 unspecified atom stereocenters. The summed E-state index contributed by atoms with van der Waals surface area (Å²) in [6.07, 6.45) is 4.77. The van der Waals surface area contributed by atoms with Gasteiger partial charge >= 0.3 is 0 Å². The first-order valence-electron chi connectivity index (χ1n) is 4.12. The van der Waals surface area contributed by atoms with E-state index in [0.717, 1.165) is 0 Å². The van der Waals surface area contributed by atoms with E-state index in [4.69, 9.17) is 11.6 Å². The normalized spacial score (nSPS) is 10.2. The van der Waals surface area contributed by atoms with Gasteiger partial charge in [0.05, 0.1) is 12.1 Å². The van der Waals surface area contributed by atoms with Crippen molar-refractivity contribution in [2.24, 2.45) is 0 Å². The van der Waals surface area contributed by atoms with Gasteiger partial charge in [0.25, 0.3) is 0 Å². The summed E-state index contributed by atoms with van der Waals surface area (Å²) in [5.41, 5.74) is 1.05. The Morgan fingerprint density at radius 1 is 1.47 bits per heavy atom. The van der Waals surface area contributed by atoms with Gasteiger partial charge in [-0.15, -0.1) is 22.9 Å². The number of hydrogen-bond donors (Lipinski definition) is 0. The molecule has 0 atom stereocenters. The summed E-state index contributed by atoms with van der Waals surface area (Å²) in [6.45, 7) is 0. The Bertz CT molecular complexity index is 471. The summed E-state index contributed by atoms with van der Waals surface area (Å²) in [7, 11) is 0. The zero-order chi connectivity index (χ0) is 10.7. The van der Waals surface area contributed by atoms with Crippen molar-refractivity contribution in [3.05, 3.63) is 29.7 Å². The number of Topliss-reactive ketones (excluding diaryl/α,β-unsaturated/α-hetero) is 1. The molecule has 0 saturated heterocycles. The van der Waals surface area contributed by atoms with Crippen LogP contribution in [0.25, 0.3) is 10.7 Å². The zero-order valence-corrected chi connectivity index (χ0v) is 9.13. The lowest BCUT2D eigenvalue weighted by atomic mass is 10.3. The predicted octanol–water partition coefficient (Wildman–Crippen LogP) is 2.02. The maximum Gasteiger partial charge on any atom is 0.196 e. The summed E-state index contributed by atoms with van der Waals surface area (Å²) in [4.78, 5) is 23.4. The van der Waals surface area contributed by atoms with Crippen molar-refractivity contribution in [1.82, 2.24) is 15.0 Å². The number of ketones is 1. The van der Waals surface area contributed by atoms with Gasteiger partial charge in [0.2, 0.25) is 0 Å². The smallest absolute Gasteiger partial charge is 0.196 e. The second-order valence-electron chi connectivity index (χ2n) is 2.69. The topological polar surface area (TPSA) is 55.7 Å². The zero-order valence-electron chi connectivity index (χ0n) is 7.55. The largest absolute Gasteiger partial charge is 0.291 e. The third-order valence-electron chi connectivity index (χ3n) is 1.69. The molecule has 0 aliphatic heterocycles. The molecule has 4 nitrogen and oxygen atoms in total. The molecule has 2 heterocycles. The predicted molar refractivity (Wildman–Crippen MR) is 58.2 cm³/mol. The highest BCUT2D eigenvalue weighted by Gasteiger charge is 2.11. The van der Waals surface area contributed by atoms with Gasteiger partial charge in [-0.3, -0.25) is 14.8 Å². The Morgan fingerprint density at radius 3 is 3.00 bits per heavy atom. The van der Waals surface area contributed by atoms with Crippen LogP contribution >= 0.6 is 22.9 Å². The van der Waals surface area contributed by atoms with E-state index in [-0.39, 0.29) is 11.7 Å². The standard InChI is InChI=1S/C9H6ClN3OS/c10-3-8(14)7-5-15-9(13-7)6-4-11-1-2-12-6/h1-2,4-5H,3H2. The Labute approximate surface area is 95.0 Å². The van der Waals surface area contributed by atoms with Crippen LogP contribution < -0.4 is 0 Å². The maximum atomic E-state index is 11.2. The van der Waals surface area contributed by atoms with Crippen molar-refractivity contribution in [3.63, 3.8) is 0 Å². The molecule has 0 N–H and O–H groups in total. The minimum atomic E-state index is -0.178. The van der Waals surface area contributed by atoms with Gasteiger partial charge in [-0.2, -0.15) is 0 Å². The van der Waals surface area contributed by atoms with Gasteiger partial charge in [0, 0.05) is 17.8 Å². The van der Waals surface area contributed by atoms with Gasteiger partial charge in [0.1, 0.15) is 16.4 Å². The molecule has 0 radical (unpaired) electrons. The molecular weight excluding hydrogens is 234 g/mol. The van der Waals surface area contributed by atoms with E-state index in [1.807, 2.05) is 0 Å². The van der Waals surface area contributed by atoms with Crippen LogP contribution in [-0.4, -0.2) is 26.6 Å². The molecular formula is C9H6ClN3OS. The van der Waals surface area contributed by atoms with Gasteiger partial charge in [0.15, 0.2) is 5.78 Å². The van der Waals surface area contributed by atoms with Crippen LogP contribution in [0.2, 0.25) is 0 Å². The minimum Gasteiger partial charge on any atom is -0.291 e. The van der Waals surface area contributed by atoms with Crippen molar-refractivity contribution in [2.75, 3.05) is 5.88 Å². The molecule has 0 saturated carbocycles. The second kappa shape index (κ2) is 4.46. The fourth-order valence-corrected chi connectivity index (χ4v) is 1.92. The first kappa shape index (κ1) is 10.2. The third-order valence-corrected chi connectivity index (χ3v) is 2.80. The lowest BCUT2D eigenvalue weighted by Gasteiger charge is -1.91. The maximum absolute atomic E-state index is 11.2. The summed E-state index contributed by atoms with van der Waals surface area (Å²) < 4.78 is 0.